The van der Waals surface area contributed by atoms with Gasteiger partial charge < -0.3 is 10.6 Å². The SMILES string of the molecule is O=C(CC1CC2CCC(C1)N2)Nc1ccc2c3c(cccc13)CC2. The Morgan fingerprint density at radius 1 is 1.04 bits per heavy atom. The molecule has 2 atom stereocenters. The number of benzene rings is 2. The summed E-state index contributed by atoms with van der Waals surface area (Å²) in [4.78, 5) is 12.6. The highest BCUT2D eigenvalue weighted by Gasteiger charge is 2.34. The number of carbonyl (C=O) groups is 1. The van der Waals surface area contributed by atoms with Crippen molar-refractivity contribution in [3.8, 4) is 0 Å². The highest BCUT2D eigenvalue weighted by molar-refractivity contribution is 6.05. The van der Waals surface area contributed by atoms with Crippen molar-refractivity contribution in [2.24, 2.45) is 5.92 Å². The van der Waals surface area contributed by atoms with E-state index in [0.29, 0.717) is 24.4 Å². The molecular weight excluding hydrogens is 296 g/mol. The minimum Gasteiger partial charge on any atom is -0.326 e. The molecule has 3 nitrogen and oxygen atoms in total. The molecule has 2 unspecified atom stereocenters. The number of hydrogen-bond acceptors (Lipinski definition) is 2. The molecule has 0 radical (unpaired) electrons. The third kappa shape index (κ3) is 2.42. The zero-order chi connectivity index (χ0) is 16.1. The fourth-order valence-corrected chi connectivity index (χ4v) is 5.16. The Morgan fingerprint density at radius 3 is 2.58 bits per heavy atom. The average Bonchev–Trinajstić information content (AvgIpc) is 3.14. The molecule has 1 amide bonds. The van der Waals surface area contributed by atoms with E-state index < -0.39 is 0 Å². The van der Waals surface area contributed by atoms with Gasteiger partial charge in [-0.2, -0.15) is 0 Å². The minimum atomic E-state index is 0.181. The van der Waals surface area contributed by atoms with Gasteiger partial charge in [0.05, 0.1) is 0 Å². The Balaban J connectivity index is 1.35. The van der Waals surface area contributed by atoms with Crippen LogP contribution >= 0.6 is 0 Å². The van der Waals surface area contributed by atoms with Gasteiger partial charge in [-0.15, -0.1) is 0 Å². The molecule has 0 saturated carbocycles. The number of anilines is 1. The Labute approximate surface area is 142 Å². The predicted octanol–water partition coefficient (Wildman–Crippen LogP) is 3.80. The lowest BCUT2D eigenvalue weighted by atomic mass is 9.89. The summed E-state index contributed by atoms with van der Waals surface area (Å²) < 4.78 is 0. The van der Waals surface area contributed by atoms with Crippen LogP contribution in [0.4, 0.5) is 5.69 Å². The van der Waals surface area contributed by atoms with Gasteiger partial charge in [-0.25, -0.2) is 0 Å². The second-order valence-corrected chi connectivity index (χ2v) is 7.84. The summed E-state index contributed by atoms with van der Waals surface area (Å²) in [6.45, 7) is 0. The monoisotopic (exact) mass is 320 g/mol. The number of aryl methyl sites for hydroxylation is 2. The summed E-state index contributed by atoms with van der Waals surface area (Å²) in [7, 11) is 0. The van der Waals surface area contributed by atoms with Crippen molar-refractivity contribution in [3.05, 3.63) is 41.5 Å². The molecule has 3 heteroatoms. The van der Waals surface area contributed by atoms with Crippen molar-refractivity contribution < 1.29 is 4.79 Å². The number of carbonyl (C=O) groups excluding carboxylic acids is 1. The molecule has 2 fully saturated rings. The fraction of sp³-hybridized carbons (Fsp3) is 0.476. The Bertz CT molecular complexity index is 791. The van der Waals surface area contributed by atoms with Gasteiger partial charge in [0.15, 0.2) is 0 Å². The van der Waals surface area contributed by atoms with Crippen LogP contribution in [0.15, 0.2) is 30.3 Å². The maximum Gasteiger partial charge on any atom is 0.224 e. The van der Waals surface area contributed by atoms with Crippen molar-refractivity contribution in [1.82, 2.24) is 5.32 Å². The highest BCUT2D eigenvalue weighted by atomic mass is 16.1. The summed E-state index contributed by atoms with van der Waals surface area (Å²) in [5.74, 6) is 0.723. The second-order valence-electron chi connectivity index (χ2n) is 7.84. The van der Waals surface area contributed by atoms with Crippen LogP contribution in [0.5, 0.6) is 0 Å². The van der Waals surface area contributed by atoms with Crippen molar-refractivity contribution in [2.75, 3.05) is 5.32 Å². The van der Waals surface area contributed by atoms with Gasteiger partial charge in [-0.05, 0) is 67.0 Å². The van der Waals surface area contributed by atoms with Crippen LogP contribution < -0.4 is 10.6 Å². The van der Waals surface area contributed by atoms with Crippen molar-refractivity contribution in [1.29, 1.82) is 0 Å². The molecule has 2 aromatic carbocycles. The van der Waals surface area contributed by atoms with Crippen LogP contribution in [0.1, 0.15) is 43.2 Å². The van der Waals surface area contributed by atoms with Crippen molar-refractivity contribution in [2.45, 2.75) is 57.0 Å². The lowest BCUT2D eigenvalue weighted by molar-refractivity contribution is -0.117. The van der Waals surface area contributed by atoms with E-state index in [9.17, 15) is 4.79 Å². The van der Waals surface area contributed by atoms with Crippen LogP contribution in [-0.4, -0.2) is 18.0 Å². The van der Waals surface area contributed by atoms with Gasteiger partial charge in [-0.3, -0.25) is 4.79 Å². The molecule has 2 bridgehead atoms. The zero-order valence-electron chi connectivity index (χ0n) is 14.0. The third-order valence-electron chi connectivity index (χ3n) is 6.20. The summed E-state index contributed by atoms with van der Waals surface area (Å²) in [6, 6.07) is 12.1. The first-order chi connectivity index (χ1) is 11.8. The first-order valence-corrected chi connectivity index (χ1v) is 9.35. The fourth-order valence-electron chi connectivity index (χ4n) is 5.16. The quantitative estimate of drug-likeness (QED) is 0.903. The van der Waals surface area contributed by atoms with Gasteiger partial charge >= 0.3 is 0 Å². The topological polar surface area (TPSA) is 41.1 Å². The summed E-state index contributed by atoms with van der Waals surface area (Å²) >= 11 is 0. The molecular formula is C21H24N2O. The Kier molecular flexibility index (Phi) is 3.37. The van der Waals surface area contributed by atoms with Gasteiger partial charge in [0.2, 0.25) is 5.91 Å². The van der Waals surface area contributed by atoms with E-state index in [4.69, 9.17) is 0 Å². The van der Waals surface area contributed by atoms with E-state index >= 15 is 0 Å². The van der Waals surface area contributed by atoms with Crippen LogP contribution in [0.3, 0.4) is 0 Å². The standard InChI is InChI=1S/C21H24N2O/c24-20(12-13-10-16-7-8-17(11-13)22-16)23-19-9-6-15-5-4-14-2-1-3-18(19)21(14)15/h1-3,6,9,13,16-17,22H,4-5,7-8,10-12H2,(H,23,24). The Hall–Kier alpha value is -1.87. The molecule has 2 N–H and O–H groups in total. The maximum atomic E-state index is 12.6. The predicted molar refractivity (Wildman–Crippen MR) is 97.3 cm³/mol. The largest absolute Gasteiger partial charge is 0.326 e. The number of fused-ring (bicyclic) bond motifs is 2. The summed E-state index contributed by atoms with van der Waals surface area (Å²) in [5.41, 5.74) is 3.83. The number of amides is 1. The number of rotatable bonds is 3. The molecule has 2 aliphatic heterocycles. The zero-order valence-corrected chi connectivity index (χ0v) is 14.0. The van der Waals surface area contributed by atoms with Gasteiger partial charge in [0.25, 0.3) is 0 Å². The van der Waals surface area contributed by atoms with Crippen LogP contribution in [0.25, 0.3) is 10.8 Å². The van der Waals surface area contributed by atoms with E-state index in [-0.39, 0.29) is 5.91 Å². The van der Waals surface area contributed by atoms with E-state index in [2.05, 4.69) is 41.0 Å². The number of hydrogen-bond donors (Lipinski definition) is 2. The third-order valence-corrected chi connectivity index (χ3v) is 6.20. The summed E-state index contributed by atoms with van der Waals surface area (Å²) in [6.07, 6.45) is 7.82. The van der Waals surface area contributed by atoms with Crippen molar-refractivity contribution in [3.63, 3.8) is 0 Å². The van der Waals surface area contributed by atoms with E-state index in [1.807, 2.05) is 0 Å². The second kappa shape index (κ2) is 5.59. The van der Waals surface area contributed by atoms with Crippen LogP contribution in [-0.2, 0) is 17.6 Å². The van der Waals surface area contributed by atoms with E-state index in [0.717, 1.165) is 31.4 Å². The van der Waals surface area contributed by atoms with Gasteiger partial charge in [-0.1, -0.05) is 24.3 Å². The van der Waals surface area contributed by atoms with Crippen molar-refractivity contribution >= 4 is 22.4 Å². The number of nitrogens with one attached hydrogen (secondary N) is 2. The normalized spacial score (nSPS) is 27.6. The molecule has 5 rings (SSSR count). The molecule has 24 heavy (non-hydrogen) atoms. The first-order valence-electron chi connectivity index (χ1n) is 9.35. The lowest BCUT2D eigenvalue weighted by Gasteiger charge is -2.28. The summed E-state index contributed by atoms with van der Waals surface area (Å²) in [5, 5.41) is 9.44. The molecule has 124 valence electrons. The van der Waals surface area contributed by atoms with E-state index in [1.54, 1.807) is 0 Å². The molecule has 2 aromatic rings. The molecule has 1 aliphatic carbocycles. The highest BCUT2D eigenvalue weighted by Crippen LogP contribution is 2.36. The molecule has 2 heterocycles. The Morgan fingerprint density at radius 2 is 1.79 bits per heavy atom. The molecule has 0 spiro atoms. The van der Waals surface area contributed by atoms with Gasteiger partial charge in [0, 0.05) is 29.6 Å². The van der Waals surface area contributed by atoms with Gasteiger partial charge in [0.1, 0.15) is 0 Å². The lowest BCUT2D eigenvalue weighted by Crippen LogP contribution is -2.39. The minimum absolute atomic E-state index is 0.181. The maximum absolute atomic E-state index is 12.6. The molecule has 0 aromatic heterocycles. The molecule has 2 saturated heterocycles. The number of piperidine rings is 1. The van der Waals surface area contributed by atoms with E-state index in [1.165, 1.54) is 34.7 Å². The van der Waals surface area contributed by atoms with Crippen LogP contribution in [0, 0.1) is 5.92 Å². The smallest absolute Gasteiger partial charge is 0.224 e. The molecule has 3 aliphatic rings. The average molecular weight is 320 g/mol. The first kappa shape index (κ1) is 14.5. The van der Waals surface area contributed by atoms with Crippen LogP contribution in [0.2, 0.25) is 0 Å².